The van der Waals surface area contributed by atoms with Gasteiger partial charge >= 0.3 is 0 Å². The maximum absolute atomic E-state index is 13.7. The highest BCUT2D eigenvalue weighted by Crippen LogP contribution is 2.23. The Bertz CT molecular complexity index is 803. The lowest BCUT2D eigenvalue weighted by Crippen LogP contribution is -2.25. The van der Waals surface area contributed by atoms with Crippen LogP contribution in [0.15, 0.2) is 42.5 Å². The molecule has 0 aliphatic rings. The van der Waals surface area contributed by atoms with Crippen LogP contribution >= 0.6 is 11.6 Å². The molecular formula is C24H34ClFN2O. The SMILES string of the molecule is CC.CC.Cc1ccc(C(C)NC(=O)/C=C/c2ccc(Cl)cc2F)cc1N(C)C. The minimum Gasteiger partial charge on any atom is -0.377 e. The van der Waals surface area contributed by atoms with Crippen molar-refractivity contribution in [3.8, 4) is 0 Å². The van der Waals surface area contributed by atoms with Crippen LogP contribution in [0.4, 0.5) is 10.1 Å². The minimum atomic E-state index is -0.459. The fourth-order valence-corrected chi connectivity index (χ4v) is 2.68. The molecule has 2 rings (SSSR count). The Morgan fingerprint density at radius 2 is 1.72 bits per heavy atom. The predicted octanol–water partition coefficient (Wildman–Crippen LogP) is 6.80. The molecule has 0 bridgehead atoms. The van der Waals surface area contributed by atoms with Crippen LogP contribution in [0.1, 0.15) is 57.4 Å². The average molecular weight is 421 g/mol. The van der Waals surface area contributed by atoms with E-state index in [4.69, 9.17) is 11.6 Å². The quantitative estimate of drug-likeness (QED) is 0.539. The largest absolute Gasteiger partial charge is 0.377 e. The van der Waals surface area contributed by atoms with Crippen molar-refractivity contribution in [3.05, 3.63) is 70.0 Å². The van der Waals surface area contributed by atoms with E-state index in [1.807, 2.05) is 72.7 Å². The van der Waals surface area contributed by atoms with Gasteiger partial charge in [0.15, 0.2) is 0 Å². The molecule has 0 saturated heterocycles. The van der Waals surface area contributed by atoms with Crippen molar-refractivity contribution in [2.45, 2.75) is 47.6 Å². The fraction of sp³-hybridized carbons (Fsp3) is 0.375. The number of nitrogens with zero attached hydrogens (tertiary/aromatic N) is 1. The van der Waals surface area contributed by atoms with E-state index in [-0.39, 0.29) is 11.9 Å². The lowest BCUT2D eigenvalue weighted by molar-refractivity contribution is -0.117. The monoisotopic (exact) mass is 420 g/mol. The Morgan fingerprint density at radius 3 is 2.28 bits per heavy atom. The second kappa shape index (κ2) is 13.8. The Hall–Kier alpha value is -2.33. The summed E-state index contributed by atoms with van der Waals surface area (Å²) < 4.78 is 13.7. The van der Waals surface area contributed by atoms with Gasteiger partial charge in [0, 0.05) is 36.4 Å². The lowest BCUT2D eigenvalue weighted by Gasteiger charge is -2.20. The van der Waals surface area contributed by atoms with E-state index in [9.17, 15) is 9.18 Å². The molecular weight excluding hydrogens is 387 g/mol. The summed E-state index contributed by atoms with van der Waals surface area (Å²) in [4.78, 5) is 14.1. The third-order valence-electron chi connectivity index (χ3n) is 3.95. The molecule has 5 heteroatoms. The van der Waals surface area contributed by atoms with Gasteiger partial charge in [-0.1, -0.05) is 57.5 Å². The lowest BCUT2D eigenvalue weighted by atomic mass is 10.0. The first kappa shape index (κ1) is 26.7. The molecule has 1 amide bonds. The first-order chi connectivity index (χ1) is 13.8. The molecule has 0 heterocycles. The molecule has 0 aromatic heterocycles. The first-order valence-corrected chi connectivity index (χ1v) is 10.4. The highest BCUT2D eigenvalue weighted by Gasteiger charge is 2.10. The summed E-state index contributed by atoms with van der Waals surface area (Å²) >= 11 is 5.72. The summed E-state index contributed by atoms with van der Waals surface area (Å²) in [6.07, 6.45) is 2.76. The zero-order valence-electron chi connectivity index (χ0n) is 18.8. The predicted molar refractivity (Wildman–Crippen MR) is 125 cm³/mol. The zero-order valence-corrected chi connectivity index (χ0v) is 19.6. The smallest absolute Gasteiger partial charge is 0.244 e. The summed E-state index contributed by atoms with van der Waals surface area (Å²) in [5.74, 6) is -0.743. The Kier molecular flexibility index (Phi) is 12.7. The van der Waals surface area contributed by atoms with E-state index < -0.39 is 5.82 Å². The van der Waals surface area contributed by atoms with Crippen LogP contribution in [0.5, 0.6) is 0 Å². The van der Waals surface area contributed by atoms with Crippen LogP contribution in [0, 0.1) is 12.7 Å². The molecule has 0 radical (unpaired) electrons. The number of anilines is 1. The normalized spacial score (nSPS) is 11.0. The van der Waals surface area contributed by atoms with Crippen molar-refractivity contribution in [3.63, 3.8) is 0 Å². The Morgan fingerprint density at radius 1 is 1.10 bits per heavy atom. The molecule has 0 saturated carbocycles. The van der Waals surface area contributed by atoms with Gasteiger partial charge in [0.1, 0.15) is 5.82 Å². The van der Waals surface area contributed by atoms with Crippen molar-refractivity contribution in [2.75, 3.05) is 19.0 Å². The van der Waals surface area contributed by atoms with Crippen molar-refractivity contribution in [1.29, 1.82) is 0 Å². The Balaban J connectivity index is 0.00000184. The number of nitrogens with one attached hydrogen (secondary N) is 1. The van der Waals surface area contributed by atoms with E-state index in [1.54, 1.807) is 6.07 Å². The van der Waals surface area contributed by atoms with Gasteiger partial charge in [-0.05, 0) is 49.2 Å². The molecule has 1 N–H and O–H groups in total. The van der Waals surface area contributed by atoms with Gasteiger partial charge in [0.2, 0.25) is 5.91 Å². The standard InChI is InChI=1S/C20H22ClFN2O.2C2H6/c1-13-5-6-16(11-19(13)24(3)4)14(2)23-20(25)10-8-15-7-9-17(21)12-18(15)22;2*1-2/h5-12,14H,1-4H3,(H,23,25);2*1-2H3/b10-8+;;. The second-order valence-electron chi connectivity index (χ2n) is 6.17. The number of rotatable bonds is 5. The van der Waals surface area contributed by atoms with Crippen molar-refractivity contribution in [2.24, 2.45) is 0 Å². The van der Waals surface area contributed by atoms with E-state index in [0.717, 1.165) is 11.3 Å². The van der Waals surface area contributed by atoms with Gasteiger partial charge in [0.25, 0.3) is 0 Å². The van der Waals surface area contributed by atoms with Gasteiger partial charge in [-0.2, -0.15) is 0 Å². The number of carbonyl (C=O) groups is 1. The Labute approximate surface area is 180 Å². The van der Waals surface area contributed by atoms with Crippen molar-refractivity contribution < 1.29 is 9.18 Å². The highest BCUT2D eigenvalue weighted by atomic mass is 35.5. The van der Waals surface area contributed by atoms with Gasteiger partial charge in [-0.25, -0.2) is 4.39 Å². The average Bonchev–Trinajstić information content (AvgIpc) is 2.70. The fourth-order valence-electron chi connectivity index (χ4n) is 2.52. The van der Waals surface area contributed by atoms with Crippen LogP contribution < -0.4 is 10.2 Å². The number of amides is 1. The summed E-state index contributed by atoms with van der Waals surface area (Å²) in [7, 11) is 3.97. The summed E-state index contributed by atoms with van der Waals surface area (Å²) in [5, 5.41) is 3.21. The molecule has 29 heavy (non-hydrogen) atoms. The third-order valence-corrected chi connectivity index (χ3v) is 4.19. The highest BCUT2D eigenvalue weighted by molar-refractivity contribution is 6.30. The van der Waals surface area contributed by atoms with Crippen molar-refractivity contribution >= 4 is 29.3 Å². The molecule has 0 aliphatic heterocycles. The molecule has 2 aromatic rings. The molecule has 0 aliphatic carbocycles. The minimum absolute atomic E-state index is 0.161. The molecule has 1 atom stereocenters. The third kappa shape index (κ3) is 8.70. The molecule has 0 fully saturated rings. The molecule has 1 unspecified atom stereocenters. The van der Waals surface area contributed by atoms with Crippen LogP contribution in [0.3, 0.4) is 0 Å². The van der Waals surface area contributed by atoms with Crippen LogP contribution in [0.25, 0.3) is 6.08 Å². The van der Waals surface area contributed by atoms with Crippen molar-refractivity contribution in [1.82, 2.24) is 5.32 Å². The maximum Gasteiger partial charge on any atom is 0.244 e. The number of hydrogen-bond acceptors (Lipinski definition) is 2. The summed E-state index contributed by atoms with van der Waals surface area (Å²) in [6.45, 7) is 12.0. The molecule has 3 nitrogen and oxygen atoms in total. The maximum atomic E-state index is 13.7. The molecule has 160 valence electrons. The number of hydrogen-bond donors (Lipinski definition) is 1. The topological polar surface area (TPSA) is 32.3 Å². The van der Waals surface area contributed by atoms with Gasteiger partial charge in [-0.3, -0.25) is 4.79 Å². The number of carbonyl (C=O) groups excluding carboxylic acids is 1. The van der Waals surface area contributed by atoms with E-state index in [0.29, 0.717) is 10.6 Å². The number of aryl methyl sites for hydroxylation is 1. The van der Waals surface area contributed by atoms with Gasteiger partial charge in [0.05, 0.1) is 6.04 Å². The first-order valence-electron chi connectivity index (χ1n) is 9.99. The summed E-state index contributed by atoms with van der Waals surface area (Å²) in [5.41, 5.74) is 3.61. The van der Waals surface area contributed by atoms with E-state index in [2.05, 4.69) is 11.4 Å². The van der Waals surface area contributed by atoms with Gasteiger partial charge < -0.3 is 10.2 Å². The van der Waals surface area contributed by atoms with Crippen LogP contribution in [0.2, 0.25) is 5.02 Å². The van der Waals surface area contributed by atoms with E-state index in [1.165, 1.54) is 29.8 Å². The zero-order chi connectivity index (χ0) is 22.6. The molecule has 2 aromatic carbocycles. The summed E-state index contributed by atoms with van der Waals surface area (Å²) in [6, 6.07) is 10.3. The second-order valence-corrected chi connectivity index (χ2v) is 6.61. The number of halogens is 2. The van der Waals surface area contributed by atoms with Crippen LogP contribution in [-0.2, 0) is 4.79 Å². The number of benzene rings is 2. The molecule has 0 spiro atoms. The van der Waals surface area contributed by atoms with E-state index >= 15 is 0 Å². The van der Waals surface area contributed by atoms with Gasteiger partial charge in [-0.15, -0.1) is 0 Å². The van der Waals surface area contributed by atoms with Crippen LogP contribution in [-0.4, -0.2) is 20.0 Å².